The van der Waals surface area contributed by atoms with Crippen LogP contribution in [0.4, 0.5) is 0 Å². The third kappa shape index (κ3) is 5.10. The van der Waals surface area contributed by atoms with E-state index in [4.69, 9.17) is 9.53 Å². The molecule has 0 aliphatic heterocycles. The summed E-state index contributed by atoms with van der Waals surface area (Å²) in [6, 6.07) is 14.9. The predicted molar refractivity (Wildman–Crippen MR) is 88.5 cm³/mol. The van der Waals surface area contributed by atoms with Crippen LogP contribution in [0.15, 0.2) is 42.5 Å². The zero-order valence-corrected chi connectivity index (χ0v) is 13.3. The fourth-order valence-electron chi connectivity index (χ4n) is 2.47. The molecule has 2 aromatic rings. The topological polar surface area (TPSA) is 26.3 Å². The molecule has 0 spiro atoms. The van der Waals surface area contributed by atoms with Crippen molar-refractivity contribution >= 4 is 17.6 Å². The summed E-state index contributed by atoms with van der Waals surface area (Å²) in [4.78, 5) is 11.5. The number of rotatable bonds is 4. The first-order valence-electron chi connectivity index (χ1n) is 7.49. The molecule has 0 radical (unpaired) electrons. The highest BCUT2D eigenvalue weighted by Crippen LogP contribution is 2.29. The first-order chi connectivity index (χ1) is 10.3. The Balaban J connectivity index is 0.000000497. The van der Waals surface area contributed by atoms with Crippen molar-refractivity contribution in [2.45, 2.75) is 45.3 Å². The van der Waals surface area contributed by atoms with Crippen LogP contribution < -0.4 is 0 Å². The van der Waals surface area contributed by atoms with E-state index in [1.54, 1.807) is 0 Å². The van der Waals surface area contributed by atoms with Crippen LogP contribution in [0.5, 0.6) is 0 Å². The molecule has 1 aliphatic rings. The van der Waals surface area contributed by atoms with E-state index in [-0.39, 0.29) is 0 Å². The molecule has 112 valence electrons. The van der Waals surface area contributed by atoms with Crippen molar-refractivity contribution in [3.05, 3.63) is 47.3 Å². The lowest BCUT2D eigenvalue weighted by atomic mass is 10.2. The Morgan fingerprint density at radius 3 is 2.48 bits per heavy atom. The fraction of sp³-hybridized carbons (Fsp3) is 0.389. The number of carbonyl (C=O) groups excluding carboxylic acids is 1. The number of hydrogen-bond donors (Lipinski definition) is 0. The first-order valence-corrected chi connectivity index (χ1v) is 8.30. The van der Waals surface area contributed by atoms with Crippen molar-refractivity contribution in [2.24, 2.45) is 0 Å². The Hall–Kier alpha value is -1.45. The van der Waals surface area contributed by atoms with E-state index in [1.807, 2.05) is 11.3 Å². The summed E-state index contributed by atoms with van der Waals surface area (Å²) in [7, 11) is 0. The lowest BCUT2D eigenvalue weighted by Crippen LogP contribution is -2.06. The van der Waals surface area contributed by atoms with Gasteiger partial charge in [-0.1, -0.05) is 43.2 Å². The fourth-order valence-corrected chi connectivity index (χ4v) is 3.40. The van der Waals surface area contributed by atoms with Crippen LogP contribution in [-0.4, -0.2) is 12.4 Å². The summed E-state index contributed by atoms with van der Waals surface area (Å²) in [5, 5.41) is 0. The molecule has 1 saturated carbocycles. The number of aldehydes is 1. The molecule has 0 saturated heterocycles. The minimum atomic E-state index is 0.507. The summed E-state index contributed by atoms with van der Waals surface area (Å²) in [6.07, 6.45) is 6.43. The molecule has 3 heteroatoms. The van der Waals surface area contributed by atoms with Crippen LogP contribution >= 0.6 is 11.3 Å². The zero-order chi connectivity index (χ0) is 14.9. The first kappa shape index (κ1) is 15.9. The maximum absolute atomic E-state index is 8.81. The second kappa shape index (κ2) is 8.75. The molecule has 0 bridgehead atoms. The molecular weight excluding hydrogens is 280 g/mol. The van der Waals surface area contributed by atoms with Crippen molar-refractivity contribution in [3.63, 3.8) is 0 Å². The number of hydrogen-bond acceptors (Lipinski definition) is 3. The van der Waals surface area contributed by atoms with Crippen molar-refractivity contribution < 1.29 is 9.53 Å². The summed E-state index contributed by atoms with van der Waals surface area (Å²) >= 11 is 1.84. The standard InChI is InChI=1S/C16H18OS.C2H4O/c1-2-6-13(7-3-1)16-11-10-15(18-16)12-17-14-8-4-5-9-14;1-2-3/h1-3,6-7,10-11,14H,4-5,8-9,12H2;2H,1H3. The van der Waals surface area contributed by atoms with Gasteiger partial charge in [0.05, 0.1) is 12.7 Å². The summed E-state index contributed by atoms with van der Waals surface area (Å²) < 4.78 is 5.95. The maximum Gasteiger partial charge on any atom is 0.116 e. The molecular formula is C18H22O2S. The molecule has 21 heavy (non-hydrogen) atoms. The average molecular weight is 302 g/mol. The van der Waals surface area contributed by atoms with Gasteiger partial charge in [-0.3, -0.25) is 0 Å². The third-order valence-electron chi connectivity index (χ3n) is 3.48. The molecule has 1 aromatic heterocycles. The molecule has 0 N–H and O–H groups in total. The van der Waals surface area contributed by atoms with Gasteiger partial charge in [-0.05, 0) is 37.5 Å². The van der Waals surface area contributed by atoms with E-state index in [0.717, 1.165) is 12.9 Å². The predicted octanol–water partition coefficient (Wildman–Crippen LogP) is 5.08. The normalized spacial score (nSPS) is 14.5. The third-order valence-corrected chi connectivity index (χ3v) is 4.59. The van der Waals surface area contributed by atoms with Gasteiger partial charge < -0.3 is 9.53 Å². The average Bonchev–Trinajstić information content (AvgIpc) is 3.19. The van der Waals surface area contributed by atoms with E-state index in [2.05, 4.69) is 42.5 Å². The number of ether oxygens (including phenoxy) is 1. The van der Waals surface area contributed by atoms with Gasteiger partial charge in [0.1, 0.15) is 6.29 Å². The summed E-state index contributed by atoms with van der Waals surface area (Å²) in [6.45, 7) is 2.22. The Labute approximate surface area is 130 Å². The van der Waals surface area contributed by atoms with E-state index >= 15 is 0 Å². The Morgan fingerprint density at radius 2 is 1.81 bits per heavy atom. The molecule has 0 atom stereocenters. The second-order valence-corrected chi connectivity index (χ2v) is 6.25. The van der Waals surface area contributed by atoms with Crippen LogP contribution in [0.3, 0.4) is 0 Å². The van der Waals surface area contributed by atoms with E-state index in [1.165, 1.54) is 47.9 Å². The number of carbonyl (C=O) groups is 1. The van der Waals surface area contributed by atoms with Gasteiger partial charge in [0.15, 0.2) is 0 Å². The number of benzene rings is 1. The Bertz CT molecular complexity index is 527. The number of thiophene rings is 1. The van der Waals surface area contributed by atoms with Crippen LogP contribution in [-0.2, 0) is 16.1 Å². The Kier molecular flexibility index (Phi) is 6.64. The summed E-state index contributed by atoms with van der Waals surface area (Å²) in [5.74, 6) is 0. The quantitative estimate of drug-likeness (QED) is 0.736. The molecule has 1 fully saturated rings. The molecule has 1 aromatic carbocycles. The minimum Gasteiger partial charge on any atom is -0.373 e. The van der Waals surface area contributed by atoms with Crippen LogP contribution in [0.2, 0.25) is 0 Å². The SMILES string of the molecule is CC=O.c1ccc(-c2ccc(COC3CCCC3)s2)cc1. The summed E-state index contributed by atoms with van der Waals surface area (Å²) in [5.41, 5.74) is 1.30. The molecule has 1 heterocycles. The van der Waals surface area contributed by atoms with Gasteiger partial charge in [-0.15, -0.1) is 11.3 Å². The molecule has 3 rings (SSSR count). The van der Waals surface area contributed by atoms with E-state index in [9.17, 15) is 0 Å². The van der Waals surface area contributed by atoms with Crippen molar-refractivity contribution in [1.29, 1.82) is 0 Å². The molecule has 0 amide bonds. The largest absolute Gasteiger partial charge is 0.373 e. The van der Waals surface area contributed by atoms with Gasteiger partial charge in [-0.2, -0.15) is 0 Å². The molecule has 1 aliphatic carbocycles. The van der Waals surface area contributed by atoms with Gasteiger partial charge in [0.25, 0.3) is 0 Å². The smallest absolute Gasteiger partial charge is 0.116 e. The van der Waals surface area contributed by atoms with Crippen LogP contribution in [0.25, 0.3) is 10.4 Å². The van der Waals surface area contributed by atoms with Gasteiger partial charge in [0, 0.05) is 9.75 Å². The van der Waals surface area contributed by atoms with Gasteiger partial charge in [0.2, 0.25) is 0 Å². The van der Waals surface area contributed by atoms with E-state index < -0.39 is 0 Å². The van der Waals surface area contributed by atoms with Crippen molar-refractivity contribution in [1.82, 2.24) is 0 Å². The van der Waals surface area contributed by atoms with Crippen LogP contribution in [0, 0.1) is 0 Å². The minimum absolute atomic E-state index is 0.507. The lowest BCUT2D eigenvalue weighted by molar-refractivity contribution is -0.106. The van der Waals surface area contributed by atoms with Gasteiger partial charge >= 0.3 is 0 Å². The van der Waals surface area contributed by atoms with E-state index in [0.29, 0.717) is 6.10 Å². The Morgan fingerprint density at radius 1 is 1.14 bits per heavy atom. The molecule has 0 unspecified atom stereocenters. The monoisotopic (exact) mass is 302 g/mol. The van der Waals surface area contributed by atoms with Gasteiger partial charge in [-0.25, -0.2) is 0 Å². The second-order valence-electron chi connectivity index (χ2n) is 5.09. The molecule has 2 nitrogen and oxygen atoms in total. The maximum atomic E-state index is 8.81. The highest BCUT2D eigenvalue weighted by Gasteiger charge is 2.15. The highest BCUT2D eigenvalue weighted by molar-refractivity contribution is 7.15. The zero-order valence-electron chi connectivity index (χ0n) is 12.5. The van der Waals surface area contributed by atoms with Crippen LogP contribution in [0.1, 0.15) is 37.5 Å². The lowest BCUT2D eigenvalue weighted by Gasteiger charge is -2.09. The van der Waals surface area contributed by atoms with Crippen molar-refractivity contribution in [2.75, 3.05) is 0 Å². The highest BCUT2D eigenvalue weighted by atomic mass is 32.1. The van der Waals surface area contributed by atoms with Crippen molar-refractivity contribution in [3.8, 4) is 10.4 Å².